The van der Waals surface area contributed by atoms with Crippen molar-refractivity contribution in [2.45, 2.75) is 13.3 Å². The Morgan fingerprint density at radius 3 is 3.23 bits per heavy atom. The number of nitrogens with one attached hydrogen (secondary N) is 1. The molecule has 72 valence electrons. The molecule has 0 aromatic rings. The van der Waals surface area contributed by atoms with Gasteiger partial charge in [0, 0.05) is 6.54 Å². The lowest BCUT2D eigenvalue weighted by atomic mass is 10.2. The third kappa shape index (κ3) is 3.90. The van der Waals surface area contributed by atoms with Gasteiger partial charge in [-0.05, 0) is 25.0 Å². The van der Waals surface area contributed by atoms with Gasteiger partial charge >= 0.3 is 0 Å². The normalized spacial score (nSPS) is 17.2. The van der Waals surface area contributed by atoms with Gasteiger partial charge in [0.1, 0.15) is 0 Å². The summed E-state index contributed by atoms with van der Waals surface area (Å²) >= 11 is 0. The molecule has 0 saturated heterocycles. The zero-order valence-corrected chi connectivity index (χ0v) is 7.88. The Morgan fingerprint density at radius 2 is 2.62 bits per heavy atom. The quantitative estimate of drug-likeness (QED) is 0.521. The van der Waals surface area contributed by atoms with Crippen LogP contribution >= 0.6 is 0 Å². The number of amides is 1. The maximum atomic E-state index is 11.0. The van der Waals surface area contributed by atoms with Crippen LogP contribution in [0.2, 0.25) is 0 Å². The van der Waals surface area contributed by atoms with Gasteiger partial charge in [0.15, 0.2) is 0 Å². The van der Waals surface area contributed by atoms with Crippen molar-refractivity contribution in [2.75, 3.05) is 19.8 Å². The lowest BCUT2D eigenvalue weighted by Gasteiger charge is -2.13. The van der Waals surface area contributed by atoms with E-state index in [0.29, 0.717) is 13.2 Å². The average molecular weight is 181 g/mol. The Hall–Kier alpha value is -1.09. The highest BCUT2D eigenvalue weighted by Crippen LogP contribution is 2.03. The molecule has 1 aliphatic heterocycles. The number of ether oxygens (including phenoxy) is 1. The van der Waals surface area contributed by atoms with Crippen molar-refractivity contribution < 1.29 is 9.53 Å². The summed E-state index contributed by atoms with van der Waals surface area (Å²) in [7, 11) is 0. The smallest absolute Gasteiger partial charge is 0.243 e. The Morgan fingerprint density at radius 1 is 1.77 bits per heavy atom. The molecule has 1 amide bonds. The van der Waals surface area contributed by atoms with E-state index in [9.17, 15) is 4.79 Å². The summed E-state index contributed by atoms with van der Waals surface area (Å²) in [6, 6.07) is 0. The third-order valence-electron chi connectivity index (χ3n) is 1.79. The fraction of sp³-hybridized carbons (Fsp3) is 0.500. The highest BCUT2D eigenvalue weighted by atomic mass is 16.5. The number of rotatable bonds is 3. The largest absolute Gasteiger partial charge is 0.377 e. The molecule has 0 spiro atoms. The molecule has 0 aliphatic carbocycles. The van der Waals surface area contributed by atoms with Crippen LogP contribution in [-0.4, -0.2) is 25.7 Å². The van der Waals surface area contributed by atoms with Gasteiger partial charge in [0.05, 0.1) is 13.2 Å². The Bertz CT molecular complexity index is 231. The highest BCUT2D eigenvalue weighted by Gasteiger charge is 2.03. The monoisotopic (exact) mass is 181 g/mol. The van der Waals surface area contributed by atoms with E-state index in [1.54, 1.807) is 6.08 Å². The van der Waals surface area contributed by atoms with E-state index < -0.39 is 0 Å². The minimum Gasteiger partial charge on any atom is -0.377 e. The van der Waals surface area contributed by atoms with E-state index in [2.05, 4.69) is 11.4 Å². The molecule has 1 rings (SSSR count). The van der Waals surface area contributed by atoms with Gasteiger partial charge in [0.2, 0.25) is 5.91 Å². The molecule has 0 atom stereocenters. The Kier molecular flexibility index (Phi) is 4.26. The van der Waals surface area contributed by atoms with E-state index >= 15 is 0 Å². The van der Waals surface area contributed by atoms with Crippen LogP contribution < -0.4 is 5.32 Å². The summed E-state index contributed by atoms with van der Waals surface area (Å²) in [6.45, 7) is 3.87. The summed E-state index contributed by atoms with van der Waals surface area (Å²) in [5.41, 5.74) is 1.16. The van der Waals surface area contributed by atoms with Crippen LogP contribution in [0, 0.1) is 0 Å². The van der Waals surface area contributed by atoms with Crippen molar-refractivity contribution in [1.29, 1.82) is 0 Å². The van der Waals surface area contributed by atoms with Crippen molar-refractivity contribution in [3.8, 4) is 0 Å². The molecule has 1 heterocycles. The van der Waals surface area contributed by atoms with E-state index in [1.807, 2.05) is 6.92 Å². The van der Waals surface area contributed by atoms with Crippen LogP contribution in [0.3, 0.4) is 0 Å². The van der Waals surface area contributed by atoms with E-state index in [4.69, 9.17) is 4.74 Å². The van der Waals surface area contributed by atoms with Gasteiger partial charge in [-0.1, -0.05) is 12.2 Å². The van der Waals surface area contributed by atoms with Crippen molar-refractivity contribution in [3.05, 3.63) is 23.8 Å². The first-order valence-electron chi connectivity index (χ1n) is 4.49. The maximum Gasteiger partial charge on any atom is 0.243 e. The standard InChI is InChI=1S/C10H15NO2/c1-2-4-10(12)11-7-9-5-3-6-13-8-9/h2,4-5H,3,6-8H2,1H3,(H,11,12)/b4-2+. The summed E-state index contributed by atoms with van der Waals surface area (Å²) in [5.74, 6) is -0.0472. The summed E-state index contributed by atoms with van der Waals surface area (Å²) in [6.07, 6.45) is 6.32. The third-order valence-corrected chi connectivity index (χ3v) is 1.79. The number of carbonyl (C=O) groups excluding carboxylic acids is 1. The van der Waals surface area contributed by atoms with E-state index in [0.717, 1.165) is 18.6 Å². The van der Waals surface area contributed by atoms with Gasteiger partial charge in [-0.2, -0.15) is 0 Å². The van der Waals surface area contributed by atoms with Crippen LogP contribution in [0.25, 0.3) is 0 Å². The second-order valence-electron chi connectivity index (χ2n) is 2.92. The van der Waals surface area contributed by atoms with Crippen LogP contribution in [0.5, 0.6) is 0 Å². The summed E-state index contributed by atoms with van der Waals surface area (Å²) in [4.78, 5) is 11.0. The molecule has 0 bridgehead atoms. The highest BCUT2D eigenvalue weighted by molar-refractivity contribution is 5.87. The number of allylic oxidation sites excluding steroid dienone is 1. The van der Waals surface area contributed by atoms with Gasteiger partial charge in [-0.3, -0.25) is 4.79 Å². The van der Waals surface area contributed by atoms with Gasteiger partial charge in [-0.25, -0.2) is 0 Å². The molecule has 0 aromatic carbocycles. The zero-order chi connectivity index (χ0) is 9.52. The van der Waals surface area contributed by atoms with Crippen molar-refractivity contribution in [3.63, 3.8) is 0 Å². The average Bonchev–Trinajstić information content (AvgIpc) is 2.17. The molecule has 1 aliphatic rings. The fourth-order valence-electron chi connectivity index (χ4n) is 1.14. The number of hydrogen-bond donors (Lipinski definition) is 1. The van der Waals surface area contributed by atoms with Crippen molar-refractivity contribution in [2.24, 2.45) is 0 Å². The topological polar surface area (TPSA) is 38.3 Å². The van der Waals surface area contributed by atoms with Crippen LogP contribution in [0.1, 0.15) is 13.3 Å². The number of hydrogen-bond acceptors (Lipinski definition) is 2. The molecule has 0 radical (unpaired) electrons. The molecule has 13 heavy (non-hydrogen) atoms. The molecule has 0 saturated carbocycles. The predicted octanol–water partition coefficient (Wildman–Crippen LogP) is 1.03. The SMILES string of the molecule is C/C=C/C(=O)NCC1=CCCOC1. The first kappa shape index (κ1) is 9.99. The first-order chi connectivity index (χ1) is 6.33. The van der Waals surface area contributed by atoms with Crippen LogP contribution in [0.4, 0.5) is 0 Å². The van der Waals surface area contributed by atoms with Crippen molar-refractivity contribution in [1.82, 2.24) is 5.32 Å². The number of carbonyl (C=O) groups is 1. The fourth-order valence-corrected chi connectivity index (χ4v) is 1.14. The van der Waals surface area contributed by atoms with Gasteiger partial charge < -0.3 is 10.1 Å². The Balaban J connectivity index is 2.25. The van der Waals surface area contributed by atoms with Gasteiger partial charge in [0.25, 0.3) is 0 Å². The minimum absolute atomic E-state index is 0.0472. The zero-order valence-electron chi connectivity index (χ0n) is 7.88. The molecular formula is C10H15NO2. The molecule has 3 nitrogen and oxygen atoms in total. The molecule has 3 heteroatoms. The van der Waals surface area contributed by atoms with E-state index in [-0.39, 0.29) is 5.91 Å². The molecule has 0 unspecified atom stereocenters. The summed E-state index contributed by atoms with van der Waals surface area (Å²) in [5, 5.41) is 2.78. The van der Waals surface area contributed by atoms with Crippen molar-refractivity contribution >= 4 is 5.91 Å². The minimum atomic E-state index is -0.0472. The lowest BCUT2D eigenvalue weighted by Crippen LogP contribution is -2.26. The molecular weight excluding hydrogens is 166 g/mol. The Labute approximate surface area is 78.5 Å². The molecule has 0 aromatic heterocycles. The van der Waals surface area contributed by atoms with E-state index in [1.165, 1.54) is 6.08 Å². The second-order valence-corrected chi connectivity index (χ2v) is 2.92. The maximum absolute atomic E-state index is 11.0. The first-order valence-corrected chi connectivity index (χ1v) is 4.49. The summed E-state index contributed by atoms with van der Waals surface area (Å²) < 4.78 is 5.24. The van der Waals surface area contributed by atoms with Crippen LogP contribution in [-0.2, 0) is 9.53 Å². The lowest BCUT2D eigenvalue weighted by molar-refractivity contribution is -0.116. The molecule has 1 N–H and O–H groups in total. The predicted molar refractivity (Wildman–Crippen MR) is 51.3 cm³/mol. The van der Waals surface area contributed by atoms with Crippen LogP contribution in [0.15, 0.2) is 23.8 Å². The molecule has 0 fully saturated rings. The second kappa shape index (κ2) is 5.54. The van der Waals surface area contributed by atoms with Gasteiger partial charge in [-0.15, -0.1) is 0 Å².